The molecule has 1 aromatic rings. The van der Waals surface area contributed by atoms with Crippen molar-refractivity contribution in [3.05, 3.63) is 46.8 Å². The van der Waals surface area contributed by atoms with Crippen LogP contribution in [0, 0.1) is 5.82 Å². The van der Waals surface area contributed by atoms with Crippen LogP contribution in [0.2, 0.25) is 0 Å². The zero-order chi connectivity index (χ0) is 14.9. The number of halogens is 1. The average Bonchev–Trinajstić information content (AvgIpc) is 2.37. The maximum absolute atomic E-state index is 12.9. The van der Waals surface area contributed by atoms with Gasteiger partial charge in [-0.2, -0.15) is 4.40 Å². The molecule has 2 rings (SSSR count). The molecule has 0 saturated heterocycles. The molecule has 0 aliphatic heterocycles. The van der Waals surface area contributed by atoms with Crippen LogP contribution in [-0.2, 0) is 11.0 Å². The second kappa shape index (κ2) is 5.60. The summed E-state index contributed by atoms with van der Waals surface area (Å²) in [6.07, 6.45) is 2.61. The SMILES string of the molecule is CC1=C(/C=N/S(=O)C(C)(C)C)CC1c1ccc(F)cc1. The second-order valence-corrected chi connectivity index (χ2v) is 8.05. The van der Waals surface area contributed by atoms with Gasteiger partial charge in [0.2, 0.25) is 0 Å². The standard InChI is InChI=1S/C16H20FNOS/c1-11-13(10-18-20(19)16(2,3)4)9-15(11)12-5-7-14(17)8-6-12/h5-8,10,15H,9H2,1-4H3/b18-10+. The fourth-order valence-corrected chi connectivity index (χ4v) is 2.65. The van der Waals surface area contributed by atoms with Gasteiger partial charge < -0.3 is 0 Å². The average molecular weight is 293 g/mol. The third kappa shape index (κ3) is 3.23. The molecule has 0 amide bonds. The molecule has 20 heavy (non-hydrogen) atoms. The molecular formula is C16H20FNOS. The van der Waals surface area contributed by atoms with Crippen molar-refractivity contribution in [1.82, 2.24) is 0 Å². The number of hydrogen-bond acceptors (Lipinski definition) is 1. The summed E-state index contributed by atoms with van der Waals surface area (Å²) in [5, 5.41) is 0. The summed E-state index contributed by atoms with van der Waals surface area (Å²) in [5.41, 5.74) is 3.49. The molecule has 4 heteroatoms. The highest BCUT2D eigenvalue weighted by atomic mass is 32.2. The Hall–Kier alpha value is -1.29. The lowest BCUT2D eigenvalue weighted by atomic mass is 9.75. The summed E-state index contributed by atoms with van der Waals surface area (Å²) in [6.45, 7) is 7.77. The van der Waals surface area contributed by atoms with Crippen molar-refractivity contribution in [2.24, 2.45) is 4.40 Å². The van der Waals surface area contributed by atoms with Crippen LogP contribution in [0.5, 0.6) is 0 Å². The van der Waals surface area contributed by atoms with Gasteiger partial charge in [-0.3, -0.25) is 0 Å². The van der Waals surface area contributed by atoms with Gasteiger partial charge >= 0.3 is 0 Å². The van der Waals surface area contributed by atoms with Crippen molar-refractivity contribution in [1.29, 1.82) is 0 Å². The number of benzene rings is 1. The van der Waals surface area contributed by atoms with Crippen LogP contribution >= 0.6 is 0 Å². The lowest BCUT2D eigenvalue weighted by Crippen LogP contribution is -2.21. The normalized spacial score (nSPS) is 21.1. The molecule has 2 unspecified atom stereocenters. The first-order valence-corrected chi connectivity index (χ1v) is 7.81. The van der Waals surface area contributed by atoms with E-state index >= 15 is 0 Å². The van der Waals surface area contributed by atoms with Gasteiger partial charge in [0, 0.05) is 12.1 Å². The van der Waals surface area contributed by atoms with E-state index in [4.69, 9.17) is 0 Å². The molecule has 1 aliphatic rings. The highest BCUT2D eigenvalue weighted by molar-refractivity contribution is 7.85. The summed E-state index contributed by atoms with van der Waals surface area (Å²) in [7, 11) is -1.21. The molecular weight excluding hydrogens is 273 g/mol. The van der Waals surface area contributed by atoms with Crippen LogP contribution in [-0.4, -0.2) is 15.2 Å². The maximum Gasteiger partial charge on any atom is 0.144 e. The van der Waals surface area contributed by atoms with Gasteiger partial charge in [0.05, 0.1) is 4.75 Å². The van der Waals surface area contributed by atoms with Gasteiger partial charge in [-0.25, -0.2) is 8.60 Å². The summed E-state index contributed by atoms with van der Waals surface area (Å²) in [6, 6.07) is 6.63. The zero-order valence-corrected chi connectivity index (χ0v) is 13.1. The Balaban J connectivity index is 2.08. The minimum atomic E-state index is -1.21. The lowest BCUT2D eigenvalue weighted by molar-refractivity contribution is 0.624. The lowest BCUT2D eigenvalue weighted by Gasteiger charge is -2.30. The third-order valence-electron chi connectivity index (χ3n) is 3.55. The van der Waals surface area contributed by atoms with Crippen LogP contribution in [0.4, 0.5) is 4.39 Å². The van der Waals surface area contributed by atoms with Crippen LogP contribution < -0.4 is 0 Å². The summed E-state index contributed by atoms with van der Waals surface area (Å²) < 4.78 is 28.6. The Kier molecular flexibility index (Phi) is 4.23. The number of hydrogen-bond donors (Lipinski definition) is 0. The van der Waals surface area contributed by atoms with E-state index in [1.165, 1.54) is 17.7 Å². The molecule has 0 radical (unpaired) electrons. The molecule has 0 spiro atoms. The molecule has 0 bridgehead atoms. The summed E-state index contributed by atoms with van der Waals surface area (Å²) >= 11 is 0. The molecule has 0 N–H and O–H groups in total. The molecule has 0 fully saturated rings. The molecule has 1 aromatic carbocycles. The van der Waals surface area contributed by atoms with Crippen LogP contribution in [0.25, 0.3) is 0 Å². The number of rotatable bonds is 3. The quantitative estimate of drug-likeness (QED) is 0.769. The van der Waals surface area contributed by atoms with E-state index in [0.717, 1.165) is 17.6 Å². The number of nitrogens with zero attached hydrogens (tertiary/aromatic N) is 1. The fourth-order valence-electron chi connectivity index (χ4n) is 2.11. The fraction of sp³-hybridized carbons (Fsp3) is 0.438. The molecule has 0 heterocycles. The van der Waals surface area contributed by atoms with Crippen LogP contribution in [0.1, 0.15) is 45.6 Å². The minimum absolute atomic E-state index is 0.211. The first kappa shape index (κ1) is 15.1. The minimum Gasteiger partial charge on any atom is -0.234 e. The van der Waals surface area contributed by atoms with Gasteiger partial charge in [0.25, 0.3) is 0 Å². The predicted molar refractivity (Wildman–Crippen MR) is 82.8 cm³/mol. The summed E-state index contributed by atoms with van der Waals surface area (Å²) in [4.78, 5) is 0. The van der Waals surface area contributed by atoms with Crippen LogP contribution in [0.15, 0.2) is 39.8 Å². The smallest absolute Gasteiger partial charge is 0.144 e. The Labute approximate surface area is 122 Å². The number of allylic oxidation sites excluding steroid dienone is 2. The Morgan fingerprint density at radius 1 is 1.30 bits per heavy atom. The van der Waals surface area contributed by atoms with E-state index in [2.05, 4.69) is 11.3 Å². The van der Waals surface area contributed by atoms with Crippen molar-refractivity contribution in [3.8, 4) is 0 Å². The van der Waals surface area contributed by atoms with E-state index in [0.29, 0.717) is 5.92 Å². The van der Waals surface area contributed by atoms with E-state index in [9.17, 15) is 8.60 Å². The van der Waals surface area contributed by atoms with Gasteiger partial charge in [0.15, 0.2) is 0 Å². The Bertz CT molecular complexity index is 581. The van der Waals surface area contributed by atoms with Crippen molar-refractivity contribution in [2.45, 2.75) is 44.8 Å². The summed E-state index contributed by atoms with van der Waals surface area (Å²) in [5.74, 6) is 0.122. The molecule has 1 aliphatic carbocycles. The second-order valence-electron chi connectivity index (χ2n) is 6.11. The monoisotopic (exact) mass is 293 g/mol. The Morgan fingerprint density at radius 3 is 2.40 bits per heavy atom. The van der Waals surface area contributed by atoms with Crippen molar-refractivity contribution >= 4 is 17.2 Å². The molecule has 108 valence electrons. The Morgan fingerprint density at radius 2 is 1.90 bits per heavy atom. The zero-order valence-electron chi connectivity index (χ0n) is 12.3. The molecule has 0 saturated carbocycles. The van der Waals surface area contributed by atoms with Crippen LogP contribution in [0.3, 0.4) is 0 Å². The highest BCUT2D eigenvalue weighted by Crippen LogP contribution is 2.41. The van der Waals surface area contributed by atoms with Gasteiger partial charge in [-0.15, -0.1) is 0 Å². The van der Waals surface area contributed by atoms with E-state index in [1.807, 2.05) is 32.9 Å². The van der Waals surface area contributed by atoms with Crippen molar-refractivity contribution in [2.75, 3.05) is 0 Å². The van der Waals surface area contributed by atoms with E-state index in [-0.39, 0.29) is 10.6 Å². The van der Waals surface area contributed by atoms with E-state index in [1.54, 1.807) is 6.21 Å². The predicted octanol–water partition coefficient (Wildman–Crippen LogP) is 4.16. The molecule has 2 atom stereocenters. The largest absolute Gasteiger partial charge is 0.234 e. The van der Waals surface area contributed by atoms with Gasteiger partial charge in [-0.1, -0.05) is 17.7 Å². The topological polar surface area (TPSA) is 29.4 Å². The third-order valence-corrected chi connectivity index (χ3v) is 4.90. The molecule has 0 aromatic heterocycles. The van der Waals surface area contributed by atoms with Gasteiger partial charge in [-0.05, 0) is 57.4 Å². The van der Waals surface area contributed by atoms with E-state index < -0.39 is 11.0 Å². The first-order chi connectivity index (χ1) is 9.29. The van der Waals surface area contributed by atoms with Crippen molar-refractivity contribution < 1.29 is 8.60 Å². The maximum atomic E-state index is 12.9. The van der Waals surface area contributed by atoms with Gasteiger partial charge in [0.1, 0.15) is 16.8 Å². The highest BCUT2D eigenvalue weighted by Gasteiger charge is 2.27. The molecule has 2 nitrogen and oxygen atoms in total. The first-order valence-electron chi connectivity index (χ1n) is 6.70. The van der Waals surface area contributed by atoms with Crippen molar-refractivity contribution in [3.63, 3.8) is 0 Å².